The van der Waals surface area contributed by atoms with Crippen molar-refractivity contribution in [2.75, 3.05) is 6.54 Å². The van der Waals surface area contributed by atoms with Crippen molar-refractivity contribution >= 4 is 10.0 Å². The summed E-state index contributed by atoms with van der Waals surface area (Å²) in [4.78, 5) is -0.0718. The fourth-order valence-corrected chi connectivity index (χ4v) is 3.45. The van der Waals surface area contributed by atoms with Crippen LogP contribution in [0.25, 0.3) is 0 Å². The number of hydrogen-bond acceptors (Lipinski definition) is 3. The van der Waals surface area contributed by atoms with Gasteiger partial charge in [0, 0.05) is 12.7 Å². The van der Waals surface area contributed by atoms with Gasteiger partial charge < -0.3 is 0 Å². The number of rotatable bonds is 6. The van der Waals surface area contributed by atoms with E-state index >= 15 is 0 Å². The van der Waals surface area contributed by atoms with E-state index in [0.29, 0.717) is 12.2 Å². The molecular formula is C15H16FN3O2S. The van der Waals surface area contributed by atoms with Crippen molar-refractivity contribution < 1.29 is 12.8 Å². The van der Waals surface area contributed by atoms with Gasteiger partial charge in [0.15, 0.2) is 0 Å². The Labute approximate surface area is 129 Å². The Bertz CT molecular complexity index is 793. The lowest BCUT2D eigenvalue weighted by atomic mass is 10.4. The zero-order chi connectivity index (χ0) is 16.2. The van der Waals surface area contributed by atoms with E-state index in [9.17, 15) is 12.8 Å². The van der Waals surface area contributed by atoms with Crippen LogP contribution in [0, 0.1) is 18.2 Å². The monoisotopic (exact) mass is 321 g/mol. The number of benzene rings is 1. The number of halogens is 1. The van der Waals surface area contributed by atoms with Gasteiger partial charge in [0.1, 0.15) is 12.4 Å². The summed E-state index contributed by atoms with van der Waals surface area (Å²) in [5.41, 5.74) is 0.581. The summed E-state index contributed by atoms with van der Waals surface area (Å²) in [6.45, 7) is 2.39. The van der Waals surface area contributed by atoms with Gasteiger partial charge in [-0.2, -0.15) is 9.40 Å². The van der Waals surface area contributed by atoms with Crippen LogP contribution in [-0.2, 0) is 23.1 Å². The van der Waals surface area contributed by atoms with Crippen molar-refractivity contribution in [3.63, 3.8) is 0 Å². The van der Waals surface area contributed by atoms with Crippen LogP contribution < -0.4 is 0 Å². The third-order valence-electron chi connectivity index (χ3n) is 3.07. The Balaban J connectivity index is 2.25. The first kappa shape index (κ1) is 16.2. The molecule has 1 aromatic heterocycles. The van der Waals surface area contributed by atoms with Gasteiger partial charge in [-0.3, -0.25) is 4.68 Å². The van der Waals surface area contributed by atoms with Gasteiger partial charge in [-0.15, -0.1) is 6.42 Å². The van der Waals surface area contributed by atoms with Crippen molar-refractivity contribution in [3.05, 3.63) is 48.0 Å². The van der Waals surface area contributed by atoms with Crippen molar-refractivity contribution in [3.8, 4) is 12.3 Å². The Hall–Kier alpha value is -2.17. The van der Waals surface area contributed by atoms with Gasteiger partial charge in [0.25, 0.3) is 0 Å². The minimum atomic E-state index is -3.77. The van der Waals surface area contributed by atoms with Crippen LogP contribution in [0.15, 0.2) is 41.4 Å². The van der Waals surface area contributed by atoms with Crippen molar-refractivity contribution in [1.29, 1.82) is 0 Å². The number of nitrogens with zero attached hydrogens (tertiary/aromatic N) is 3. The molecule has 7 heteroatoms. The van der Waals surface area contributed by atoms with Crippen molar-refractivity contribution in [1.82, 2.24) is 14.1 Å². The molecule has 0 saturated heterocycles. The molecule has 1 aromatic carbocycles. The summed E-state index contributed by atoms with van der Waals surface area (Å²) in [6, 6.07) is 6.67. The maximum atomic E-state index is 13.3. The van der Waals surface area contributed by atoms with E-state index in [2.05, 4.69) is 11.0 Å². The second kappa shape index (κ2) is 6.73. The van der Waals surface area contributed by atoms with Crippen molar-refractivity contribution in [2.45, 2.75) is 24.9 Å². The molecule has 0 amide bonds. The normalized spacial score (nSPS) is 11.5. The van der Waals surface area contributed by atoms with E-state index in [1.165, 1.54) is 22.5 Å². The summed E-state index contributed by atoms with van der Waals surface area (Å²) >= 11 is 0. The van der Waals surface area contributed by atoms with Crippen LogP contribution in [-0.4, -0.2) is 29.0 Å². The van der Waals surface area contributed by atoms with E-state index in [4.69, 9.17) is 6.42 Å². The van der Waals surface area contributed by atoms with Gasteiger partial charge in [-0.1, -0.05) is 18.9 Å². The Morgan fingerprint density at radius 2 is 2.18 bits per heavy atom. The van der Waals surface area contributed by atoms with Crippen LogP contribution in [0.2, 0.25) is 0 Å². The molecule has 22 heavy (non-hydrogen) atoms. The predicted octanol–water partition coefficient (Wildman–Crippen LogP) is 1.87. The fraction of sp³-hybridized carbons (Fsp3) is 0.267. The standard InChI is InChI=1S/C15H16FN3O2S/c1-3-9-18-10-8-14(17-18)12-19(4-2)22(20,21)15-7-5-6-13(16)11-15/h1,5-8,10-11H,4,9,12H2,2H3. The zero-order valence-corrected chi connectivity index (χ0v) is 12.9. The lowest BCUT2D eigenvalue weighted by molar-refractivity contribution is 0.416. The molecule has 0 aliphatic rings. The predicted molar refractivity (Wildman–Crippen MR) is 80.7 cm³/mol. The Kier molecular flexibility index (Phi) is 4.96. The van der Waals surface area contributed by atoms with Gasteiger partial charge in [0.2, 0.25) is 10.0 Å². The van der Waals surface area contributed by atoms with Crippen LogP contribution in [0.5, 0.6) is 0 Å². The summed E-state index contributed by atoms with van der Waals surface area (Å²) in [5, 5.41) is 4.21. The summed E-state index contributed by atoms with van der Waals surface area (Å²) < 4.78 is 41.1. The highest BCUT2D eigenvalue weighted by atomic mass is 32.2. The second-order valence-corrected chi connectivity index (χ2v) is 6.54. The molecule has 5 nitrogen and oxygen atoms in total. The maximum absolute atomic E-state index is 13.3. The lowest BCUT2D eigenvalue weighted by Crippen LogP contribution is -2.30. The first-order valence-corrected chi connectivity index (χ1v) is 8.13. The van der Waals surface area contributed by atoms with Gasteiger partial charge in [-0.05, 0) is 24.3 Å². The molecular weight excluding hydrogens is 305 g/mol. The molecule has 0 saturated carbocycles. The quantitative estimate of drug-likeness (QED) is 0.763. The molecule has 0 atom stereocenters. The molecule has 2 rings (SSSR count). The smallest absolute Gasteiger partial charge is 0.243 e. The minimum absolute atomic E-state index is 0.0718. The molecule has 0 spiro atoms. The molecule has 1 heterocycles. The van der Waals surface area contributed by atoms with Gasteiger partial charge in [0.05, 0.1) is 17.1 Å². The average Bonchev–Trinajstić information content (AvgIpc) is 2.92. The molecule has 0 unspecified atom stereocenters. The van der Waals surface area contributed by atoms with Crippen LogP contribution >= 0.6 is 0 Å². The summed E-state index contributed by atoms with van der Waals surface area (Å²) in [7, 11) is -3.77. The Morgan fingerprint density at radius 1 is 1.41 bits per heavy atom. The third-order valence-corrected chi connectivity index (χ3v) is 4.99. The van der Waals surface area contributed by atoms with Gasteiger partial charge >= 0.3 is 0 Å². The van der Waals surface area contributed by atoms with Crippen LogP contribution in [0.4, 0.5) is 4.39 Å². The summed E-state index contributed by atoms with van der Waals surface area (Å²) in [6.07, 6.45) is 6.90. The summed E-state index contributed by atoms with van der Waals surface area (Å²) in [5.74, 6) is 1.87. The topological polar surface area (TPSA) is 55.2 Å². The number of hydrogen-bond donors (Lipinski definition) is 0. The van der Waals surface area contributed by atoms with Crippen molar-refractivity contribution in [2.24, 2.45) is 0 Å². The second-order valence-electron chi connectivity index (χ2n) is 4.60. The maximum Gasteiger partial charge on any atom is 0.243 e. The average molecular weight is 321 g/mol. The molecule has 0 aliphatic carbocycles. The van der Waals surface area contributed by atoms with Crippen LogP contribution in [0.1, 0.15) is 12.6 Å². The molecule has 0 radical (unpaired) electrons. The van der Waals surface area contributed by atoms with E-state index in [-0.39, 0.29) is 18.0 Å². The number of terminal acetylenes is 1. The highest BCUT2D eigenvalue weighted by Gasteiger charge is 2.24. The number of sulfonamides is 1. The first-order valence-electron chi connectivity index (χ1n) is 6.69. The SMILES string of the molecule is C#CCn1ccc(CN(CC)S(=O)(=O)c2cccc(F)c2)n1. The van der Waals surface area contributed by atoms with Crippen LogP contribution in [0.3, 0.4) is 0 Å². The minimum Gasteiger partial charge on any atom is -0.260 e. The molecule has 0 aliphatic heterocycles. The molecule has 116 valence electrons. The zero-order valence-electron chi connectivity index (χ0n) is 12.1. The Morgan fingerprint density at radius 3 is 2.82 bits per heavy atom. The van der Waals surface area contributed by atoms with E-state index < -0.39 is 15.8 Å². The van der Waals surface area contributed by atoms with E-state index in [0.717, 1.165) is 6.07 Å². The highest BCUT2D eigenvalue weighted by molar-refractivity contribution is 7.89. The largest absolute Gasteiger partial charge is 0.260 e. The molecule has 0 fully saturated rings. The molecule has 2 aromatic rings. The fourth-order valence-electron chi connectivity index (χ4n) is 1.99. The van der Waals surface area contributed by atoms with E-state index in [1.807, 2.05) is 0 Å². The van der Waals surface area contributed by atoms with Gasteiger partial charge in [-0.25, -0.2) is 12.8 Å². The first-order chi connectivity index (χ1) is 10.5. The number of aromatic nitrogens is 2. The molecule has 0 N–H and O–H groups in total. The lowest BCUT2D eigenvalue weighted by Gasteiger charge is -2.19. The molecule has 0 bridgehead atoms. The third kappa shape index (κ3) is 3.53. The highest BCUT2D eigenvalue weighted by Crippen LogP contribution is 2.18. The van der Waals surface area contributed by atoms with E-state index in [1.54, 1.807) is 23.9 Å².